The fourth-order valence-corrected chi connectivity index (χ4v) is 5.75. The summed E-state index contributed by atoms with van der Waals surface area (Å²) in [6.07, 6.45) is 2.17. The van der Waals surface area contributed by atoms with Crippen molar-refractivity contribution in [3.8, 4) is 6.07 Å². The van der Waals surface area contributed by atoms with Crippen LogP contribution in [0.15, 0.2) is 18.3 Å². The van der Waals surface area contributed by atoms with Crippen LogP contribution in [0, 0.1) is 22.7 Å². The molecule has 0 aliphatic carbocycles. The number of rotatable bonds is 8. The predicted octanol–water partition coefficient (Wildman–Crippen LogP) is 6.16. The highest BCUT2D eigenvalue weighted by Crippen LogP contribution is 2.37. The van der Waals surface area contributed by atoms with Gasteiger partial charge in [-0.15, -0.1) is 0 Å². The third-order valence-electron chi connectivity index (χ3n) is 7.94. The second kappa shape index (κ2) is 12.8. The number of hydrogen-bond donors (Lipinski definition) is 2. The standard InChI is InChI=1S/C28H40BCl2N5O4Si/c1-27(2,3)41(6,7)40-14-19-10-20(11-21(30)24(19)29-38-16-28(4,5)17-39-29)34-26-33-13-22(31)25(36-26)35-23-15-37-9-8-18(23)12-32/h10-11,13,18,23H,8-9,14-17H2,1-7H3,(H2,33,34,35,36)/t18-,23+/m0/s1. The van der Waals surface area contributed by atoms with Gasteiger partial charge in [0.25, 0.3) is 0 Å². The molecule has 0 unspecified atom stereocenters. The first-order chi connectivity index (χ1) is 19.2. The lowest BCUT2D eigenvalue weighted by Gasteiger charge is -2.37. The molecule has 0 amide bonds. The molecule has 2 N–H and O–H groups in total. The first-order valence-electron chi connectivity index (χ1n) is 13.9. The Kier molecular flexibility index (Phi) is 9.96. The maximum Gasteiger partial charge on any atom is 0.495 e. The van der Waals surface area contributed by atoms with Gasteiger partial charge >= 0.3 is 7.12 Å². The molecule has 0 bridgehead atoms. The fourth-order valence-electron chi connectivity index (χ4n) is 4.33. The average Bonchev–Trinajstić information content (AvgIpc) is 2.89. The van der Waals surface area contributed by atoms with Gasteiger partial charge in [-0.1, -0.05) is 57.8 Å². The van der Waals surface area contributed by atoms with Gasteiger partial charge in [0, 0.05) is 41.4 Å². The molecule has 222 valence electrons. The zero-order valence-corrected chi connectivity index (χ0v) is 27.4. The molecule has 2 atom stereocenters. The molecular weight excluding hydrogens is 580 g/mol. The lowest BCUT2D eigenvalue weighted by molar-refractivity contribution is 0.0342. The minimum atomic E-state index is -2.06. The molecule has 2 aliphatic rings. The van der Waals surface area contributed by atoms with Crippen molar-refractivity contribution >= 4 is 61.6 Å². The second-order valence-electron chi connectivity index (χ2n) is 13.1. The largest absolute Gasteiger partial charge is 0.495 e. The normalized spacial score (nSPS) is 21.3. The summed E-state index contributed by atoms with van der Waals surface area (Å²) < 4.78 is 24.4. The van der Waals surface area contributed by atoms with E-state index in [9.17, 15) is 5.26 Å². The van der Waals surface area contributed by atoms with Gasteiger partial charge in [-0.3, -0.25) is 0 Å². The van der Waals surface area contributed by atoms with Gasteiger partial charge in [0.1, 0.15) is 5.02 Å². The minimum absolute atomic E-state index is 0.0448. The van der Waals surface area contributed by atoms with E-state index in [0.29, 0.717) is 67.0 Å². The summed E-state index contributed by atoms with van der Waals surface area (Å²) in [5, 5.41) is 16.9. The Labute approximate surface area is 254 Å². The van der Waals surface area contributed by atoms with Gasteiger partial charge in [-0.25, -0.2) is 4.98 Å². The number of halogens is 2. The van der Waals surface area contributed by atoms with Crippen molar-refractivity contribution in [2.24, 2.45) is 11.3 Å². The molecule has 3 heterocycles. The van der Waals surface area contributed by atoms with Gasteiger partial charge in [0.15, 0.2) is 14.1 Å². The molecule has 0 saturated carbocycles. The smallest absolute Gasteiger partial charge is 0.413 e. The maximum absolute atomic E-state index is 9.53. The summed E-state index contributed by atoms with van der Waals surface area (Å²) in [7, 11) is -2.65. The average molecular weight is 620 g/mol. The molecule has 0 spiro atoms. The first kappa shape index (κ1) is 32.0. The van der Waals surface area contributed by atoms with Crippen molar-refractivity contribution in [3.63, 3.8) is 0 Å². The highest BCUT2D eigenvalue weighted by molar-refractivity contribution is 6.74. The number of nitrogens with one attached hydrogen (secondary N) is 2. The number of anilines is 3. The number of ether oxygens (including phenoxy) is 1. The topological polar surface area (TPSA) is 111 Å². The van der Waals surface area contributed by atoms with Crippen LogP contribution in [0.2, 0.25) is 28.2 Å². The molecule has 0 radical (unpaired) electrons. The number of nitrogens with zero attached hydrogens (tertiary/aromatic N) is 3. The Morgan fingerprint density at radius 1 is 1.20 bits per heavy atom. The number of benzene rings is 1. The molecule has 2 aromatic rings. The Morgan fingerprint density at radius 3 is 2.56 bits per heavy atom. The van der Waals surface area contributed by atoms with Crippen LogP contribution >= 0.6 is 23.2 Å². The highest BCUT2D eigenvalue weighted by atomic mass is 35.5. The van der Waals surface area contributed by atoms with Gasteiger partial charge in [-0.2, -0.15) is 10.2 Å². The molecule has 1 aromatic heterocycles. The van der Waals surface area contributed by atoms with Crippen molar-refractivity contribution in [2.75, 3.05) is 37.1 Å². The summed E-state index contributed by atoms with van der Waals surface area (Å²) in [4.78, 5) is 8.95. The summed E-state index contributed by atoms with van der Waals surface area (Å²) in [5.74, 6) is 0.556. The summed E-state index contributed by atoms with van der Waals surface area (Å²) in [5.41, 5.74) is 2.26. The molecule has 13 heteroatoms. The summed E-state index contributed by atoms with van der Waals surface area (Å²) >= 11 is 13.3. The van der Waals surface area contributed by atoms with E-state index in [4.69, 9.17) is 41.7 Å². The van der Waals surface area contributed by atoms with E-state index >= 15 is 0 Å². The van der Waals surface area contributed by atoms with E-state index in [1.165, 1.54) is 6.20 Å². The SMILES string of the molecule is CC1(C)COB(c2c(Cl)cc(Nc3ncc(Cl)c(N[C@@H]4COCC[C@H]4C#N)n3)cc2CO[Si](C)(C)C(C)(C)C)OC1. The van der Waals surface area contributed by atoms with Crippen LogP contribution in [-0.2, 0) is 25.1 Å². The molecule has 2 aliphatic heterocycles. The van der Waals surface area contributed by atoms with E-state index < -0.39 is 15.4 Å². The minimum Gasteiger partial charge on any atom is -0.413 e. The third-order valence-corrected chi connectivity index (χ3v) is 13.0. The third kappa shape index (κ3) is 7.93. The Hall–Kier alpha value is -1.91. The van der Waals surface area contributed by atoms with Crippen LogP contribution in [0.25, 0.3) is 0 Å². The molecule has 9 nitrogen and oxygen atoms in total. The van der Waals surface area contributed by atoms with E-state index in [1.54, 1.807) is 0 Å². The summed E-state index contributed by atoms with van der Waals surface area (Å²) in [6, 6.07) is 5.91. The van der Waals surface area contributed by atoms with Crippen LogP contribution < -0.4 is 16.1 Å². The molecule has 2 fully saturated rings. The molecule has 41 heavy (non-hydrogen) atoms. The monoisotopic (exact) mass is 619 g/mol. The van der Waals surface area contributed by atoms with Gasteiger partial charge < -0.3 is 29.1 Å². The van der Waals surface area contributed by atoms with E-state index in [2.05, 4.69) is 74.4 Å². The maximum atomic E-state index is 9.53. The number of nitriles is 1. The fraction of sp³-hybridized carbons (Fsp3) is 0.607. The number of hydrogen-bond acceptors (Lipinski definition) is 9. The van der Waals surface area contributed by atoms with Crippen molar-refractivity contribution in [1.82, 2.24) is 9.97 Å². The van der Waals surface area contributed by atoms with Crippen molar-refractivity contribution in [3.05, 3.63) is 33.9 Å². The zero-order valence-electron chi connectivity index (χ0n) is 24.9. The second-order valence-corrected chi connectivity index (χ2v) is 18.7. The first-order valence-corrected chi connectivity index (χ1v) is 17.6. The van der Waals surface area contributed by atoms with E-state index in [0.717, 1.165) is 11.0 Å². The number of aromatic nitrogens is 2. The van der Waals surface area contributed by atoms with E-state index in [-0.39, 0.29) is 22.4 Å². The molecule has 2 saturated heterocycles. The molecule has 1 aromatic carbocycles. The highest BCUT2D eigenvalue weighted by Gasteiger charge is 2.39. The van der Waals surface area contributed by atoms with Gasteiger partial charge in [0.2, 0.25) is 5.95 Å². The van der Waals surface area contributed by atoms with Crippen LogP contribution in [0.4, 0.5) is 17.5 Å². The van der Waals surface area contributed by atoms with Gasteiger partial charge in [0.05, 0.1) is 37.4 Å². The van der Waals surface area contributed by atoms with Crippen molar-refractivity contribution in [1.29, 1.82) is 5.26 Å². The predicted molar refractivity (Wildman–Crippen MR) is 167 cm³/mol. The molecule has 4 rings (SSSR count). The van der Waals surface area contributed by atoms with Crippen LogP contribution in [-0.4, -0.2) is 57.9 Å². The zero-order chi connectivity index (χ0) is 30.0. The summed E-state index contributed by atoms with van der Waals surface area (Å²) in [6.45, 7) is 17.7. The van der Waals surface area contributed by atoms with Crippen LogP contribution in [0.3, 0.4) is 0 Å². The lowest BCUT2D eigenvalue weighted by atomic mass is 9.73. The van der Waals surface area contributed by atoms with Gasteiger partial charge in [-0.05, 0) is 42.2 Å². The quantitative estimate of drug-likeness (QED) is 0.336. The lowest BCUT2D eigenvalue weighted by Crippen LogP contribution is -2.49. The van der Waals surface area contributed by atoms with Crippen molar-refractivity contribution < 1.29 is 18.5 Å². The van der Waals surface area contributed by atoms with E-state index in [1.807, 2.05) is 12.1 Å². The molecular formula is C28H40BCl2N5O4Si. The Balaban J connectivity index is 1.61. The Morgan fingerprint density at radius 2 is 1.90 bits per heavy atom. The Bertz CT molecular complexity index is 1280. The van der Waals surface area contributed by atoms with Crippen LogP contribution in [0.1, 0.15) is 46.6 Å². The van der Waals surface area contributed by atoms with Crippen molar-refractivity contribution in [2.45, 2.75) is 71.8 Å². The van der Waals surface area contributed by atoms with Crippen LogP contribution in [0.5, 0.6) is 0 Å².